The fourth-order valence-corrected chi connectivity index (χ4v) is 2.91. The first-order chi connectivity index (χ1) is 7.65. The number of hydrogen-bond donors (Lipinski definition) is 1. The van der Waals surface area contributed by atoms with Crippen molar-refractivity contribution in [2.75, 3.05) is 26.8 Å². The maximum absolute atomic E-state index is 6.00. The molecule has 2 N–H and O–H groups in total. The second kappa shape index (κ2) is 5.03. The van der Waals surface area contributed by atoms with Gasteiger partial charge in [-0.05, 0) is 51.0 Å². The molecule has 0 aromatic carbocycles. The van der Waals surface area contributed by atoms with Crippen LogP contribution in [-0.2, 0) is 4.74 Å². The monoisotopic (exact) mass is 226 g/mol. The van der Waals surface area contributed by atoms with Crippen LogP contribution < -0.4 is 5.73 Å². The Bertz CT molecular complexity index is 228. The lowest BCUT2D eigenvalue weighted by Gasteiger charge is -2.38. The first kappa shape index (κ1) is 12.3. The van der Waals surface area contributed by atoms with E-state index in [-0.39, 0.29) is 0 Å². The van der Waals surface area contributed by atoms with E-state index in [1.807, 2.05) is 0 Å². The van der Waals surface area contributed by atoms with Crippen LogP contribution in [0.1, 0.15) is 39.0 Å². The molecule has 0 bridgehead atoms. The molecule has 16 heavy (non-hydrogen) atoms. The van der Waals surface area contributed by atoms with Crippen LogP contribution in [0.2, 0.25) is 0 Å². The van der Waals surface area contributed by atoms with Gasteiger partial charge < -0.3 is 10.5 Å². The molecule has 94 valence electrons. The topological polar surface area (TPSA) is 38.5 Å². The van der Waals surface area contributed by atoms with Gasteiger partial charge in [-0.15, -0.1) is 0 Å². The minimum atomic E-state index is 0.431. The van der Waals surface area contributed by atoms with Crippen LogP contribution in [-0.4, -0.2) is 43.8 Å². The summed E-state index contributed by atoms with van der Waals surface area (Å²) < 4.78 is 5.21. The summed E-state index contributed by atoms with van der Waals surface area (Å²) in [6, 6.07) is 1.10. The normalized spacial score (nSPS) is 33.9. The zero-order chi connectivity index (χ0) is 11.6. The summed E-state index contributed by atoms with van der Waals surface area (Å²) in [5.41, 5.74) is 6.59. The molecule has 3 nitrogen and oxygen atoms in total. The van der Waals surface area contributed by atoms with Gasteiger partial charge >= 0.3 is 0 Å². The Morgan fingerprint density at radius 1 is 1.44 bits per heavy atom. The van der Waals surface area contributed by atoms with Gasteiger partial charge in [0, 0.05) is 32.3 Å². The van der Waals surface area contributed by atoms with Crippen LogP contribution in [0.5, 0.6) is 0 Å². The Kier molecular flexibility index (Phi) is 3.88. The molecule has 0 aromatic rings. The van der Waals surface area contributed by atoms with E-state index in [9.17, 15) is 0 Å². The molecule has 1 saturated carbocycles. The van der Waals surface area contributed by atoms with Crippen LogP contribution in [0.15, 0.2) is 0 Å². The number of hydrogen-bond acceptors (Lipinski definition) is 3. The molecule has 0 radical (unpaired) electrons. The Hall–Kier alpha value is -0.120. The van der Waals surface area contributed by atoms with Gasteiger partial charge in [0.2, 0.25) is 0 Å². The van der Waals surface area contributed by atoms with Gasteiger partial charge in [0.15, 0.2) is 0 Å². The zero-order valence-electron chi connectivity index (χ0n) is 10.7. The number of nitrogens with zero attached hydrogens (tertiary/aromatic N) is 1. The third-order valence-electron chi connectivity index (χ3n) is 4.39. The van der Waals surface area contributed by atoms with Gasteiger partial charge in [-0.25, -0.2) is 0 Å². The summed E-state index contributed by atoms with van der Waals surface area (Å²) in [5, 5.41) is 0. The Balaban J connectivity index is 1.80. The second-order valence-corrected chi connectivity index (χ2v) is 5.85. The zero-order valence-corrected chi connectivity index (χ0v) is 10.7. The minimum absolute atomic E-state index is 0.431. The first-order valence-electron chi connectivity index (χ1n) is 6.64. The van der Waals surface area contributed by atoms with Gasteiger partial charge in [0.05, 0.1) is 0 Å². The maximum Gasteiger partial charge on any atom is 0.0468 e. The van der Waals surface area contributed by atoms with E-state index in [1.54, 1.807) is 7.11 Å². The molecule has 1 heterocycles. The van der Waals surface area contributed by atoms with E-state index in [2.05, 4.69) is 11.8 Å². The number of likely N-dealkylation sites (tertiary alicyclic amines) is 1. The molecule has 2 fully saturated rings. The molecule has 3 heteroatoms. The molecular formula is C13H26N2O. The van der Waals surface area contributed by atoms with Crippen molar-refractivity contribution < 1.29 is 4.74 Å². The summed E-state index contributed by atoms with van der Waals surface area (Å²) >= 11 is 0. The number of methoxy groups -OCH3 is 1. The van der Waals surface area contributed by atoms with E-state index in [1.165, 1.54) is 45.2 Å². The second-order valence-electron chi connectivity index (χ2n) is 5.85. The third kappa shape index (κ3) is 2.96. The maximum atomic E-state index is 6.00. The van der Waals surface area contributed by atoms with Crippen LogP contribution in [0.3, 0.4) is 0 Å². The highest BCUT2D eigenvalue weighted by Crippen LogP contribution is 2.49. The Morgan fingerprint density at radius 2 is 2.19 bits per heavy atom. The predicted molar refractivity (Wildman–Crippen MR) is 66.4 cm³/mol. The van der Waals surface area contributed by atoms with Crippen molar-refractivity contribution in [3.63, 3.8) is 0 Å². The van der Waals surface area contributed by atoms with Crippen LogP contribution in [0, 0.1) is 5.41 Å². The van der Waals surface area contributed by atoms with Crippen molar-refractivity contribution >= 4 is 0 Å². The van der Waals surface area contributed by atoms with Crippen molar-refractivity contribution in [3.05, 3.63) is 0 Å². The molecule has 0 spiro atoms. The molecule has 0 aromatic heterocycles. The quantitative estimate of drug-likeness (QED) is 0.774. The molecule has 1 aliphatic heterocycles. The highest BCUT2D eigenvalue weighted by atomic mass is 16.5. The van der Waals surface area contributed by atoms with Crippen LogP contribution in [0.4, 0.5) is 0 Å². The van der Waals surface area contributed by atoms with E-state index in [0.29, 0.717) is 17.5 Å². The fraction of sp³-hybridized carbons (Fsp3) is 1.00. The average molecular weight is 226 g/mol. The van der Waals surface area contributed by atoms with Gasteiger partial charge in [0.1, 0.15) is 0 Å². The molecule has 1 saturated heterocycles. The van der Waals surface area contributed by atoms with E-state index >= 15 is 0 Å². The Morgan fingerprint density at radius 3 is 2.75 bits per heavy atom. The number of nitrogens with two attached hydrogens (primary N) is 1. The summed E-state index contributed by atoms with van der Waals surface area (Å²) in [6.07, 6.45) is 6.36. The van der Waals surface area contributed by atoms with Gasteiger partial charge in [-0.3, -0.25) is 4.90 Å². The molecule has 2 aliphatic rings. The summed E-state index contributed by atoms with van der Waals surface area (Å²) in [7, 11) is 1.80. The lowest BCUT2D eigenvalue weighted by atomic mass is 9.95. The Labute approximate surface area is 99.3 Å². The van der Waals surface area contributed by atoms with Crippen molar-refractivity contribution in [3.8, 4) is 0 Å². The standard InChI is InChI=1S/C13H26N2O/c1-11-9-12(14)3-7-15(11)10-13(4-5-13)6-8-16-2/h11-12H,3-10,14H2,1-2H3. The molecule has 1 aliphatic carbocycles. The van der Waals surface area contributed by atoms with Crippen molar-refractivity contribution in [1.82, 2.24) is 4.90 Å². The van der Waals surface area contributed by atoms with Crippen LogP contribution >= 0.6 is 0 Å². The number of rotatable bonds is 5. The van der Waals surface area contributed by atoms with Crippen molar-refractivity contribution in [2.24, 2.45) is 11.1 Å². The van der Waals surface area contributed by atoms with Crippen LogP contribution in [0.25, 0.3) is 0 Å². The van der Waals surface area contributed by atoms with Gasteiger partial charge in [-0.2, -0.15) is 0 Å². The van der Waals surface area contributed by atoms with Crippen molar-refractivity contribution in [1.29, 1.82) is 0 Å². The van der Waals surface area contributed by atoms with Gasteiger partial charge in [0.25, 0.3) is 0 Å². The largest absolute Gasteiger partial charge is 0.385 e. The summed E-state index contributed by atoms with van der Waals surface area (Å²) in [5.74, 6) is 0. The fourth-order valence-electron chi connectivity index (χ4n) is 2.91. The van der Waals surface area contributed by atoms with Gasteiger partial charge in [-0.1, -0.05) is 0 Å². The lowest BCUT2D eigenvalue weighted by molar-refractivity contribution is 0.0995. The van der Waals surface area contributed by atoms with E-state index in [4.69, 9.17) is 10.5 Å². The molecule has 2 rings (SSSR count). The molecule has 0 amide bonds. The predicted octanol–water partition coefficient (Wildman–Crippen LogP) is 1.61. The molecule has 2 atom stereocenters. The SMILES string of the molecule is COCCC1(CN2CCC(N)CC2C)CC1. The first-order valence-corrected chi connectivity index (χ1v) is 6.64. The summed E-state index contributed by atoms with van der Waals surface area (Å²) in [4.78, 5) is 2.64. The third-order valence-corrected chi connectivity index (χ3v) is 4.39. The minimum Gasteiger partial charge on any atom is -0.385 e. The lowest BCUT2D eigenvalue weighted by Crippen LogP contribution is -2.47. The molecular weight excluding hydrogens is 200 g/mol. The van der Waals surface area contributed by atoms with E-state index in [0.717, 1.165) is 6.61 Å². The van der Waals surface area contributed by atoms with Crippen molar-refractivity contribution in [2.45, 2.75) is 51.1 Å². The number of piperidine rings is 1. The highest BCUT2D eigenvalue weighted by molar-refractivity contribution is 4.97. The highest BCUT2D eigenvalue weighted by Gasteiger charge is 2.44. The summed E-state index contributed by atoms with van der Waals surface area (Å²) in [6.45, 7) is 5.70. The average Bonchev–Trinajstić information content (AvgIpc) is 3.00. The number of ether oxygens (including phenoxy) is 1. The molecule has 2 unspecified atom stereocenters. The smallest absolute Gasteiger partial charge is 0.0468 e. The van der Waals surface area contributed by atoms with E-state index < -0.39 is 0 Å².